The molecule has 0 nitrogen and oxygen atoms in total. The maximum Gasteiger partial charge on any atom is -1.00 e. The van der Waals surface area contributed by atoms with Crippen LogP contribution in [0.4, 0.5) is 0 Å². The summed E-state index contributed by atoms with van der Waals surface area (Å²) in [6.07, 6.45) is 8.17. The fraction of sp³-hybridized carbons (Fsp3) is 0.256. The molecule has 0 saturated carbocycles. The van der Waals surface area contributed by atoms with Crippen molar-refractivity contribution in [2.24, 2.45) is 0 Å². The summed E-state index contributed by atoms with van der Waals surface area (Å²) in [4.78, 5) is 0. The molecule has 0 radical (unpaired) electrons. The fourth-order valence-electron chi connectivity index (χ4n) is 6.34. The van der Waals surface area contributed by atoms with Crippen LogP contribution < -0.4 is 24.8 Å². The number of hydrogen-bond donors (Lipinski definition) is 0. The molecule has 0 bridgehead atoms. The third-order valence-electron chi connectivity index (χ3n) is 8.69. The Kier molecular flexibility index (Phi) is 11.1. The van der Waals surface area contributed by atoms with Crippen molar-refractivity contribution in [1.82, 2.24) is 0 Å². The third kappa shape index (κ3) is 6.99. The van der Waals surface area contributed by atoms with E-state index in [0.29, 0.717) is 3.63 Å². The Morgan fingerprint density at radius 1 is 0.636 bits per heavy atom. The quantitative estimate of drug-likeness (QED) is 0.251. The van der Waals surface area contributed by atoms with Crippen molar-refractivity contribution >= 4 is 35.1 Å². The van der Waals surface area contributed by atoms with Gasteiger partial charge in [0, 0.05) is 0 Å². The van der Waals surface area contributed by atoms with E-state index in [9.17, 15) is 0 Å². The summed E-state index contributed by atoms with van der Waals surface area (Å²) in [5, 5.41) is 0. The van der Waals surface area contributed by atoms with Crippen LogP contribution in [0.15, 0.2) is 115 Å². The van der Waals surface area contributed by atoms with Gasteiger partial charge in [0.25, 0.3) is 0 Å². The maximum atomic E-state index is 3.70. The van der Waals surface area contributed by atoms with Gasteiger partial charge < -0.3 is 24.8 Å². The molecular formula is C39H38Br2Cl2Zr. The van der Waals surface area contributed by atoms with Crippen LogP contribution in [0.3, 0.4) is 0 Å². The Morgan fingerprint density at radius 3 is 1.43 bits per heavy atom. The molecule has 0 amide bonds. The number of hydrogen-bond acceptors (Lipinski definition) is 0. The monoisotopic (exact) mass is 824 g/mol. The van der Waals surface area contributed by atoms with Crippen molar-refractivity contribution in [2.45, 2.75) is 62.4 Å². The van der Waals surface area contributed by atoms with E-state index in [1.807, 2.05) is 0 Å². The first-order valence-corrected chi connectivity index (χ1v) is 20.3. The standard InChI is InChI=1S/C21H25.C13H8Br2.C5H5.2ClH.Zr/c1-20(2,3)16-9-7-14-11-15-8-10-17(21(4,5)6)13-19(15)18(14)12-16;14-12-5-1-10(2-6-12)9-11-3-7-13(15)8-4-11;1-2-4-5-3-1;;;/h7-13H,1-6H3;1-8H;1-3H,4H2;2*1H;/q;;;;;+2/p-2. The van der Waals surface area contributed by atoms with Crippen LogP contribution in [0.1, 0.15) is 85.0 Å². The molecule has 5 heteroatoms. The summed E-state index contributed by atoms with van der Waals surface area (Å²) in [5.41, 5.74) is 11.7. The normalized spacial score (nSPS) is 13.7. The van der Waals surface area contributed by atoms with Gasteiger partial charge in [0.15, 0.2) is 0 Å². The van der Waals surface area contributed by atoms with Gasteiger partial charge in [0.1, 0.15) is 0 Å². The van der Waals surface area contributed by atoms with Crippen LogP contribution in [-0.2, 0) is 32.1 Å². The molecule has 0 heterocycles. The molecule has 2 aliphatic carbocycles. The van der Waals surface area contributed by atoms with Gasteiger partial charge in [-0.3, -0.25) is 0 Å². The number of fused-ring (bicyclic) bond motifs is 3. The van der Waals surface area contributed by atoms with E-state index < -0.39 is 21.3 Å². The van der Waals surface area contributed by atoms with Gasteiger partial charge >= 0.3 is 279 Å². The fourth-order valence-corrected chi connectivity index (χ4v) is 15.9. The second-order valence-corrected chi connectivity index (χ2v) is 21.8. The molecule has 0 atom stereocenters. The SMILES string of the molecule is CC(C)(C)c1ccc2c(c1)-c1cc(C(C)(C)C)ccc1[CH]2[Zr+2]([C]1=CC=CC1)=[C](c1ccc(Br)cc1)c1ccc(Br)cc1.[Cl-].[Cl-]. The Balaban J connectivity index is 0.00000221. The molecule has 6 rings (SSSR count). The molecule has 0 spiro atoms. The molecule has 2 aliphatic rings. The summed E-state index contributed by atoms with van der Waals surface area (Å²) >= 11 is 4.71. The molecule has 0 aliphatic heterocycles. The van der Waals surface area contributed by atoms with Crippen LogP contribution in [0.2, 0.25) is 0 Å². The first-order chi connectivity index (χ1) is 19.9. The van der Waals surface area contributed by atoms with Crippen LogP contribution in [0.5, 0.6) is 0 Å². The third-order valence-corrected chi connectivity index (χ3v) is 18.1. The van der Waals surface area contributed by atoms with Crippen LogP contribution in [-0.4, -0.2) is 3.21 Å². The smallest absolute Gasteiger partial charge is 1.00 e. The molecule has 0 aromatic heterocycles. The molecule has 0 N–H and O–H groups in total. The zero-order chi connectivity index (χ0) is 29.8. The van der Waals surface area contributed by atoms with E-state index in [4.69, 9.17) is 0 Å². The average molecular weight is 829 g/mol. The summed E-state index contributed by atoms with van der Waals surface area (Å²) in [6.45, 7) is 14.0. The van der Waals surface area contributed by atoms with Crippen molar-refractivity contribution in [1.29, 1.82) is 0 Å². The van der Waals surface area contributed by atoms with E-state index in [0.717, 1.165) is 15.4 Å². The predicted molar refractivity (Wildman–Crippen MR) is 184 cm³/mol. The number of allylic oxidation sites excluding steroid dienone is 4. The first kappa shape index (κ1) is 35.5. The summed E-state index contributed by atoms with van der Waals surface area (Å²) in [7, 11) is 0. The average Bonchev–Trinajstić information content (AvgIpc) is 3.58. The van der Waals surface area contributed by atoms with E-state index in [1.54, 1.807) is 6.49 Å². The molecule has 44 heavy (non-hydrogen) atoms. The number of benzene rings is 4. The largest absolute Gasteiger partial charge is 1.00 e. The van der Waals surface area contributed by atoms with Crippen molar-refractivity contribution in [3.63, 3.8) is 0 Å². The molecule has 226 valence electrons. The van der Waals surface area contributed by atoms with E-state index in [1.165, 1.54) is 44.5 Å². The van der Waals surface area contributed by atoms with Gasteiger partial charge in [0.2, 0.25) is 0 Å². The second-order valence-electron chi connectivity index (χ2n) is 13.7. The minimum Gasteiger partial charge on any atom is -1.00 e. The van der Waals surface area contributed by atoms with Gasteiger partial charge in [-0.1, -0.05) is 0 Å². The van der Waals surface area contributed by atoms with Gasteiger partial charge in [0.05, 0.1) is 0 Å². The molecule has 4 aromatic carbocycles. The van der Waals surface area contributed by atoms with E-state index in [-0.39, 0.29) is 35.6 Å². The predicted octanol–water partition coefficient (Wildman–Crippen LogP) is 5.62. The van der Waals surface area contributed by atoms with E-state index in [2.05, 4.69) is 177 Å². The Morgan fingerprint density at radius 2 is 1.07 bits per heavy atom. The molecule has 4 aromatic rings. The van der Waals surface area contributed by atoms with Crippen molar-refractivity contribution in [3.8, 4) is 11.1 Å². The summed E-state index contributed by atoms with van der Waals surface area (Å²) in [5.74, 6) is 0. The maximum absolute atomic E-state index is 3.70. The van der Waals surface area contributed by atoms with Crippen LogP contribution >= 0.6 is 31.9 Å². The van der Waals surface area contributed by atoms with Gasteiger partial charge in [-0.15, -0.1) is 0 Å². The Hall–Kier alpha value is -1.35. The zero-order valence-corrected chi connectivity index (χ0v) is 33.3. The summed E-state index contributed by atoms with van der Waals surface area (Å²) in [6, 6.07) is 33.0. The van der Waals surface area contributed by atoms with Crippen LogP contribution in [0.25, 0.3) is 11.1 Å². The minimum absolute atomic E-state index is 0. The summed E-state index contributed by atoms with van der Waals surface area (Å²) < 4.78 is 5.90. The number of rotatable bonds is 4. The minimum atomic E-state index is -2.69. The second kappa shape index (κ2) is 13.8. The van der Waals surface area contributed by atoms with Crippen molar-refractivity contribution < 1.29 is 46.1 Å². The molecule has 0 saturated heterocycles. The first-order valence-electron chi connectivity index (χ1n) is 14.8. The zero-order valence-electron chi connectivity index (χ0n) is 26.1. The van der Waals surface area contributed by atoms with Gasteiger partial charge in [-0.05, 0) is 0 Å². The molecule has 0 unspecified atom stereocenters. The molecule has 0 fully saturated rings. The Bertz CT molecular complexity index is 1660. The number of halogens is 4. The topological polar surface area (TPSA) is 0 Å². The molecular weight excluding hydrogens is 790 g/mol. The van der Waals surface area contributed by atoms with Crippen molar-refractivity contribution in [3.05, 3.63) is 149 Å². The van der Waals surface area contributed by atoms with Gasteiger partial charge in [-0.2, -0.15) is 0 Å². The van der Waals surface area contributed by atoms with Gasteiger partial charge in [-0.25, -0.2) is 0 Å². The van der Waals surface area contributed by atoms with Crippen LogP contribution in [0, 0.1) is 0 Å². The van der Waals surface area contributed by atoms with Crippen molar-refractivity contribution in [2.75, 3.05) is 0 Å². The Labute approximate surface area is 300 Å². The van der Waals surface area contributed by atoms with E-state index >= 15 is 0 Å².